The number of carbonyl (C=O) groups is 1. The standard InChI is InChI=1S/C20H27N3O2/c1-13(17-10-9-16-7-5-6-8-18(16)11-17)21-20(24)23(4)12-19-14(2)22-25-15(19)3/h9-11,13H,5-8,12H2,1-4H3,(H,21,24)/t13-/m1/s1. The smallest absolute Gasteiger partial charge is 0.317 e. The first kappa shape index (κ1) is 17.5. The van der Waals surface area contributed by atoms with E-state index in [1.165, 1.54) is 36.0 Å². The number of fused-ring (bicyclic) bond motifs is 1. The molecule has 2 aromatic rings. The van der Waals surface area contributed by atoms with Crippen LogP contribution >= 0.6 is 0 Å². The molecule has 2 amide bonds. The summed E-state index contributed by atoms with van der Waals surface area (Å²) in [6.07, 6.45) is 4.87. The van der Waals surface area contributed by atoms with E-state index in [2.05, 4.69) is 28.7 Å². The van der Waals surface area contributed by atoms with Crippen LogP contribution < -0.4 is 5.32 Å². The van der Waals surface area contributed by atoms with Crippen molar-refractivity contribution < 1.29 is 9.32 Å². The van der Waals surface area contributed by atoms with Crippen LogP contribution in [0.2, 0.25) is 0 Å². The largest absolute Gasteiger partial charge is 0.361 e. The van der Waals surface area contributed by atoms with Gasteiger partial charge >= 0.3 is 6.03 Å². The van der Waals surface area contributed by atoms with Crippen LogP contribution in [0.5, 0.6) is 0 Å². The van der Waals surface area contributed by atoms with Crippen molar-refractivity contribution in [1.82, 2.24) is 15.4 Å². The minimum Gasteiger partial charge on any atom is -0.361 e. The lowest BCUT2D eigenvalue weighted by molar-refractivity contribution is 0.203. The normalized spacial score (nSPS) is 14.7. The van der Waals surface area contributed by atoms with Crippen LogP contribution in [0.25, 0.3) is 0 Å². The van der Waals surface area contributed by atoms with E-state index in [0.29, 0.717) is 6.54 Å². The van der Waals surface area contributed by atoms with E-state index in [9.17, 15) is 4.79 Å². The fourth-order valence-corrected chi connectivity index (χ4v) is 3.44. The molecule has 0 fully saturated rings. The van der Waals surface area contributed by atoms with Crippen molar-refractivity contribution in [2.45, 2.75) is 59.0 Å². The highest BCUT2D eigenvalue weighted by Crippen LogP contribution is 2.25. The third-order valence-electron chi connectivity index (χ3n) is 5.14. The molecule has 1 aromatic carbocycles. The SMILES string of the molecule is Cc1noc(C)c1CN(C)C(=O)N[C@H](C)c1ccc2c(c1)CCCC2. The van der Waals surface area contributed by atoms with E-state index in [1.807, 2.05) is 20.8 Å². The summed E-state index contributed by atoms with van der Waals surface area (Å²) in [5, 5.41) is 7.03. The van der Waals surface area contributed by atoms with E-state index < -0.39 is 0 Å². The molecule has 5 nitrogen and oxygen atoms in total. The number of benzene rings is 1. The lowest BCUT2D eigenvalue weighted by Gasteiger charge is -2.23. The summed E-state index contributed by atoms with van der Waals surface area (Å²) in [6.45, 7) is 6.29. The quantitative estimate of drug-likeness (QED) is 0.912. The average Bonchev–Trinajstić information content (AvgIpc) is 2.93. The van der Waals surface area contributed by atoms with Gasteiger partial charge in [-0.25, -0.2) is 4.79 Å². The topological polar surface area (TPSA) is 58.4 Å². The monoisotopic (exact) mass is 341 g/mol. The number of nitrogens with one attached hydrogen (secondary N) is 1. The maximum atomic E-state index is 12.5. The van der Waals surface area contributed by atoms with Gasteiger partial charge in [0.2, 0.25) is 0 Å². The molecule has 0 unspecified atom stereocenters. The van der Waals surface area contributed by atoms with Crippen LogP contribution in [0, 0.1) is 13.8 Å². The molecule has 1 atom stereocenters. The highest BCUT2D eigenvalue weighted by molar-refractivity contribution is 5.74. The molecular formula is C20H27N3O2. The van der Waals surface area contributed by atoms with Crippen molar-refractivity contribution in [3.8, 4) is 0 Å². The minimum atomic E-state index is -0.0924. The van der Waals surface area contributed by atoms with Gasteiger partial charge in [0.25, 0.3) is 0 Å². The molecule has 1 aliphatic rings. The first-order chi connectivity index (χ1) is 12.0. The van der Waals surface area contributed by atoms with Crippen LogP contribution in [-0.4, -0.2) is 23.1 Å². The second-order valence-corrected chi connectivity index (χ2v) is 7.07. The van der Waals surface area contributed by atoms with Crippen molar-refractivity contribution in [2.75, 3.05) is 7.05 Å². The number of rotatable bonds is 4. The van der Waals surface area contributed by atoms with Crippen molar-refractivity contribution in [1.29, 1.82) is 0 Å². The van der Waals surface area contributed by atoms with Gasteiger partial charge in [-0.1, -0.05) is 23.4 Å². The lowest BCUT2D eigenvalue weighted by Crippen LogP contribution is -2.38. The lowest BCUT2D eigenvalue weighted by atomic mass is 9.89. The van der Waals surface area contributed by atoms with Crippen molar-refractivity contribution in [2.24, 2.45) is 0 Å². The molecule has 1 heterocycles. The Hall–Kier alpha value is -2.30. The fourth-order valence-electron chi connectivity index (χ4n) is 3.44. The Kier molecular flexibility index (Phi) is 5.11. The molecule has 3 rings (SSSR count). The highest BCUT2D eigenvalue weighted by Gasteiger charge is 2.18. The second-order valence-electron chi connectivity index (χ2n) is 7.07. The van der Waals surface area contributed by atoms with Crippen LogP contribution in [0.1, 0.15) is 59.5 Å². The molecule has 0 aliphatic heterocycles. The Morgan fingerprint density at radius 2 is 2.00 bits per heavy atom. The van der Waals surface area contributed by atoms with E-state index in [4.69, 9.17) is 4.52 Å². The molecule has 1 aromatic heterocycles. The zero-order valence-electron chi connectivity index (χ0n) is 15.6. The molecule has 1 N–H and O–H groups in total. The number of urea groups is 1. The first-order valence-corrected chi connectivity index (χ1v) is 9.00. The summed E-state index contributed by atoms with van der Waals surface area (Å²) in [5.41, 5.74) is 5.87. The minimum absolute atomic E-state index is 0.0214. The Morgan fingerprint density at radius 1 is 1.28 bits per heavy atom. The summed E-state index contributed by atoms with van der Waals surface area (Å²) in [4.78, 5) is 14.2. The number of hydrogen-bond donors (Lipinski definition) is 1. The molecule has 0 saturated heterocycles. The van der Waals surface area contributed by atoms with E-state index in [1.54, 1.807) is 11.9 Å². The zero-order chi connectivity index (χ0) is 18.0. The molecule has 0 radical (unpaired) electrons. The maximum Gasteiger partial charge on any atom is 0.317 e. The summed E-state index contributed by atoms with van der Waals surface area (Å²) in [7, 11) is 1.79. The van der Waals surface area contributed by atoms with Gasteiger partial charge in [-0.05, 0) is 63.1 Å². The van der Waals surface area contributed by atoms with Gasteiger partial charge in [0.05, 0.1) is 18.3 Å². The summed E-state index contributed by atoms with van der Waals surface area (Å²) in [5.74, 6) is 0.764. The van der Waals surface area contributed by atoms with Gasteiger partial charge in [-0.2, -0.15) is 0 Å². The van der Waals surface area contributed by atoms with E-state index in [-0.39, 0.29) is 12.1 Å². The molecule has 134 valence electrons. The Morgan fingerprint density at radius 3 is 2.68 bits per heavy atom. The van der Waals surface area contributed by atoms with Gasteiger partial charge in [-0.3, -0.25) is 0 Å². The van der Waals surface area contributed by atoms with Crippen LogP contribution in [0.15, 0.2) is 22.7 Å². The van der Waals surface area contributed by atoms with Crippen LogP contribution in [0.4, 0.5) is 4.79 Å². The Bertz CT molecular complexity index is 747. The van der Waals surface area contributed by atoms with Gasteiger partial charge < -0.3 is 14.7 Å². The second kappa shape index (κ2) is 7.30. The van der Waals surface area contributed by atoms with Gasteiger partial charge in [0, 0.05) is 12.6 Å². The molecule has 0 saturated carbocycles. The van der Waals surface area contributed by atoms with Crippen molar-refractivity contribution in [3.05, 3.63) is 51.9 Å². The maximum absolute atomic E-state index is 12.5. The Balaban J connectivity index is 1.64. The molecule has 25 heavy (non-hydrogen) atoms. The number of aromatic nitrogens is 1. The van der Waals surface area contributed by atoms with Gasteiger partial charge in [0.15, 0.2) is 0 Å². The van der Waals surface area contributed by atoms with Crippen molar-refractivity contribution in [3.63, 3.8) is 0 Å². The number of nitrogens with zero attached hydrogens (tertiary/aromatic N) is 2. The predicted octanol–water partition coefficient (Wildman–Crippen LogP) is 4.07. The number of carbonyl (C=O) groups excluding carboxylic acids is 1. The number of amides is 2. The van der Waals surface area contributed by atoms with Crippen LogP contribution in [0.3, 0.4) is 0 Å². The predicted molar refractivity (Wildman–Crippen MR) is 97.5 cm³/mol. The summed E-state index contributed by atoms with van der Waals surface area (Å²) < 4.78 is 5.17. The molecular weight excluding hydrogens is 314 g/mol. The highest BCUT2D eigenvalue weighted by atomic mass is 16.5. The first-order valence-electron chi connectivity index (χ1n) is 9.00. The summed E-state index contributed by atoms with van der Waals surface area (Å²) in [6, 6.07) is 6.51. The molecule has 1 aliphatic carbocycles. The zero-order valence-corrected chi connectivity index (χ0v) is 15.6. The van der Waals surface area contributed by atoms with E-state index in [0.717, 1.165) is 23.4 Å². The fraction of sp³-hybridized carbons (Fsp3) is 0.500. The third kappa shape index (κ3) is 3.86. The van der Waals surface area contributed by atoms with Crippen LogP contribution in [-0.2, 0) is 19.4 Å². The van der Waals surface area contributed by atoms with Gasteiger partial charge in [0.1, 0.15) is 5.76 Å². The Labute approximate surface area is 149 Å². The van der Waals surface area contributed by atoms with Gasteiger partial charge in [-0.15, -0.1) is 0 Å². The number of aryl methyl sites for hydroxylation is 4. The number of hydrogen-bond acceptors (Lipinski definition) is 3. The third-order valence-corrected chi connectivity index (χ3v) is 5.14. The summed E-state index contributed by atoms with van der Waals surface area (Å²) >= 11 is 0. The molecule has 0 spiro atoms. The van der Waals surface area contributed by atoms with E-state index >= 15 is 0 Å². The van der Waals surface area contributed by atoms with Crippen molar-refractivity contribution >= 4 is 6.03 Å². The molecule has 0 bridgehead atoms. The average molecular weight is 341 g/mol. The molecule has 5 heteroatoms.